The van der Waals surface area contributed by atoms with E-state index in [2.05, 4.69) is 9.88 Å². The van der Waals surface area contributed by atoms with E-state index in [-0.39, 0.29) is 10.7 Å². The standard InChI is InChI=1S/C24H20ClN3O2S/c1-14-7-9-19(10-8-14)27-15(2)11-17(16(27)3)12-21-22(29)26-24(31)28(23(21)30)20-6-4-5-18(25)13-20/h4-13H,1-3H3,(H,26,29,31)/b21-12+. The van der Waals surface area contributed by atoms with Crippen molar-refractivity contribution in [2.24, 2.45) is 0 Å². The van der Waals surface area contributed by atoms with E-state index in [0.717, 1.165) is 22.6 Å². The van der Waals surface area contributed by atoms with E-state index in [1.807, 2.05) is 51.1 Å². The highest BCUT2D eigenvalue weighted by atomic mass is 35.5. The number of rotatable bonds is 3. The predicted octanol–water partition coefficient (Wildman–Crippen LogP) is 4.89. The molecule has 156 valence electrons. The van der Waals surface area contributed by atoms with Crippen LogP contribution in [0, 0.1) is 20.8 Å². The molecular formula is C24H20ClN3O2S. The minimum atomic E-state index is -0.520. The Bertz CT molecular complexity index is 1260. The average molecular weight is 450 g/mol. The zero-order valence-corrected chi connectivity index (χ0v) is 18.8. The summed E-state index contributed by atoms with van der Waals surface area (Å²) in [6.45, 7) is 5.99. The quantitative estimate of drug-likeness (QED) is 0.352. The third kappa shape index (κ3) is 3.92. The van der Waals surface area contributed by atoms with E-state index < -0.39 is 11.8 Å². The van der Waals surface area contributed by atoms with Crippen LogP contribution < -0.4 is 10.2 Å². The second-order valence-electron chi connectivity index (χ2n) is 7.44. The zero-order valence-electron chi connectivity index (χ0n) is 17.3. The Morgan fingerprint density at radius 2 is 1.68 bits per heavy atom. The molecule has 0 spiro atoms. The highest BCUT2D eigenvalue weighted by Crippen LogP contribution is 2.27. The van der Waals surface area contributed by atoms with Gasteiger partial charge < -0.3 is 4.57 Å². The molecule has 2 aromatic carbocycles. The van der Waals surface area contributed by atoms with Gasteiger partial charge in [0.2, 0.25) is 0 Å². The van der Waals surface area contributed by atoms with Crippen molar-refractivity contribution in [3.05, 3.63) is 87.7 Å². The smallest absolute Gasteiger partial charge is 0.270 e. The molecule has 1 N–H and O–H groups in total. The van der Waals surface area contributed by atoms with Crippen LogP contribution in [0.15, 0.2) is 60.2 Å². The van der Waals surface area contributed by atoms with Crippen LogP contribution in [0.25, 0.3) is 11.8 Å². The number of nitrogens with one attached hydrogen (secondary N) is 1. The van der Waals surface area contributed by atoms with Crippen LogP contribution in [-0.2, 0) is 9.59 Å². The molecule has 0 aliphatic carbocycles. The van der Waals surface area contributed by atoms with Gasteiger partial charge in [0.05, 0.1) is 5.69 Å². The van der Waals surface area contributed by atoms with Gasteiger partial charge in [-0.3, -0.25) is 19.8 Å². The fourth-order valence-electron chi connectivity index (χ4n) is 3.69. The lowest BCUT2D eigenvalue weighted by molar-refractivity contribution is -0.122. The van der Waals surface area contributed by atoms with Crippen molar-refractivity contribution in [3.8, 4) is 5.69 Å². The number of halogens is 1. The first-order valence-electron chi connectivity index (χ1n) is 9.69. The SMILES string of the molecule is Cc1ccc(-n2c(C)cc(/C=C3\C(=O)NC(=S)N(c4cccc(Cl)c4)C3=O)c2C)cc1. The molecule has 1 aliphatic heterocycles. The Morgan fingerprint density at radius 3 is 2.35 bits per heavy atom. The fraction of sp³-hybridized carbons (Fsp3) is 0.125. The average Bonchev–Trinajstić information content (AvgIpc) is 2.99. The third-order valence-corrected chi connectivity index (χ3v) is 5.75. The van der Waals surface area contributed by atoms with E-state index in [4.69, 9.17) is 23.8 Å². The van der Waals surface area contributed by atoms with E-state index in [1.54, 1.807) is 30.3 Å². The molecule has 4 rings (SSSR count). The van der Waals surface area contributed by atoms with Gasteiger partial charge in [-0.15, -0.1) is 0 Å². The van der Waals surface area contributed by atoms with Crippen LogP contribution >= 0.6 is 23.8 Å². The van der Waals surface area contributed by atoms with Crippen LogP contribution in [-0.4, -0.2) is 21.5 Å². The predicted molar refractivity (Wildman–Crippen MR) is 128 cm³/mol. The van der Waals surface area contributed by atoms with Crippen molar-refractivity contribution in [3.63, 3.8) is 0 Å². The van der Waals surface area contributed by atoms with Gasteiger partial charge in [-0.1, -0.05) is 35.4 Å². The number of anilines is 1. The molecule has 2 heterocycles. The lowest BCUT2D eigenvalue weighted by atomic mass is 10.1. The highest BCUT2D eigenvalue weighted by molar-refractivity contribution is 7.80. The molecule has 1 aliphatic rings. The first kappa shape index (κ1) is 21.0. The molecule has 7 heteroatoms. The van der Waals surface area contributed by atoms with Gasteiger partial charge in [-0.05, 0) is 81.0 Å². The van der Waals surface area contributed by atoms with E-state index in [0.29, 0.717) is 10.7 Å². The largest absolute Gasteiger partial charge is 0.318 e. The molecule has 1 aromatic heterocycles. The van der Waals surface area contributed by atoms with Gasteiger partial charge in [0.25, 0.3) is 11.8 Å². The molecule has 31 heavy (non-hydrogen) atoms. The first-order valence-corrected chi connectivity index (χ1v) is 10.5. The Labute approximate surface area is 190 Å². The number of hydrogen-bond acceptors (Lipinski definition) is 3. The first-order chi connectivity index (χ1) is 14.8. The highest BCUT2D eigenvalue weighted by Gasteiger charge is 2.34. The van der Waals surface area contributed by atoms with Gasteiger partial charge in [0.1, 0.15) is 5.57 Å². The van der Waals surface area contributed by atoms with Crippen LogP contribution in [0.1, 0.15) is 22.5 Å². The molecule has 1 fully saturated rings. The molecule has 0 bridgehead atoms. The molecular weight excluding hydrogens is 430 g/mol. The molecule has 0 atom stereocenters. The van der Waals surface area contributed by atoms with Crippen LogP contribution in [0.5, 0.6) is 0 Å². The summed E-state index contributed by atoms with van der Waals surface area (Å²) >= 11 is 11.3. The topological polar surface area (TPSA) is 54.3 Å². The molecule has 0 unspecified atom stereocenters. The number of carbonyl (C=O) groups excluding carboxylic acids is 2. The van der Waals surface area contributed by atoms with Gasteiger partial charge >= 0.3 is 0 Å². The third-order valence-electron chi connectivity index (χ3n) is 5.23. The van der Waals surface area contributed by atoms with E-state index >= 15 is 0 Å². The van der Waals surface area contributed by atoms with Gasteiger partial charge in [-0.2, -0.15) is 0 Å². The summed E-state index contributed by atoms with van der Waals surface area (Å²) in [6, 6.07) is 16.9. The van der Waals surface area contributed by atoms with Crippen molar-refractivity contribution in [1.29, 1.82) is 0 Å². The fourth-order valence-corrected chi connectivity index (χ4v) is 4.15. The Morgan fingerprint density at radius 1 is 0.968 bits per heavy atom. The van der Waals surface area contributed by atoms with Crippen LogP contribution in [0.3, 0.4) is 0 Å². The minimum Gasteiger partial charge on any atom is -0.318 e. The Balaban J connectivity index is 1.76. The Hall–Kier alpha value is -3.22. The van der Waals surface area contributed by atoms with Gasteiger partial charge in [0, 0.05) is 22.1 Å². The zero-order chi connectivity index (χ0) is 22.3. The number of aryl methyl sites for hydroxylation is 2. The summed E-state index contributed by atoms with van der Waals surface area (Å²) in [7, 11) is 0. The van der Waals surface area contributed by atoms with E-state index in [9.17, 15) is 9.59 Å². The normalized spacial score (nSPS) is 15.5. The van der Waals surface area contributed by atoms with Crippen LogP contribution in [0.2, 0.25) is 5.02 Å². The summed E-state index contributed by atoms with van der Waals surface area (Å²) in [5, 5.41) is 3.10. The van der Waals surface area contributed by atoms with E-state index in [1.165, 1.54) is 10.5 Å². The van der Waals surface area contributed by atoms with Crippen molar-refractivity contribution in [2.75, 3.05) is 4.90 Å². The Kier molecular flexibility index (Phi) is 5.52. The van der Waals surface area contributed by atoms with Crippen LogP contribution in [0.4, 0.5) is 5.69 Å². The second kappa shape index (κ2) is 8.13. The summed E-state index contributed by atoms with van der Waals surface area (Å²) in [6.07, 6.45) is 1.62. The number of benzene rings is 2. The van der Waals surface area contributed by atoms with Crippen molar-refractivity contribution in [2.45, 2.75) is 20.8 Å². The number of carbonyl (C=O) groups is 2. The second-order valence-corrected chi connectivity index (χ2v) is 8.26. The number of hydrogen-bond donors (Lipinski definition) is 1. The number of amides is 2. The van der Waals surface area contributed by atoms with Gasteiger partial charge in [0.15, 0.2) is 5.11 Å². The molecule has 2 amide bonds. The minimum absolute atomic E-state index is 0.0118. The summed E-state index contributed by atoms with van der Waals surface area (Å²) in [4.78, 5) is 27.1. The lowest BCUT2D eigenvalue weighted by Crippen LogP contribution is -2.54. The van der Waals surface area contributed by atoms with Crippen molar-refractivity contribution < 1.29 is 9.59 Å². The maximum atomic E-state index is 13.2. The molecule has 0 saturated carbocycles. The lowest BCUT2D eigenvalue weighted by Gasteiger charge is -2.29. The molecule has 1 saturated heterocycles. The summed E-state index contributed by atoms with van der Waals surface area (Å²) < 4.78 is 2.09. The number of aromatic nitrogens is 1. The number of nitrogens with zero attached hydrogens (tertiary/aromatic N) is 2. The molecule has 0 radical (unpaired) electrons. The van der Waals surface area contributed by atoms with Crippen molar-refractivity contribution >= 4 is 52.5 Å². The summed E-state index contributed by atoms with van der Waals surface area (Å²) in [5.41, 5.74) is 5.42. The van der Waals surface area contributed by atoms with Crippen molar-refractivity contribution in [1.82, 2.24) is 9.88 Å². The maximum absolute atomic E-state index is 13.2. The van der Waals surface area contributed by atoms with Gasteiger partial charge in [-0.25, -0.2) is 0 Å². The maximum Gasteiger partial charge on any atom is 0.270 e. The number of thiocarbonyl (C=S) groups is 1. The summed E-state index contributed by atoms with van der Waals surface area (Å²) in [5.74, 6) is -1.01. The monoisotopic (exact) mass is 449 g/mol. The molecule has 3 aromatic rings. The molecule has 5 nitrogen and oxygen atoms in total.